The third kappa shape index (κ3) is 3.59. The second kappa shape index (κ2) is 6.41. The van der Waals surface area contributed by atoms with Crippen LogP contribution in [0, 0.1) is 0 Å². The van der Waals surface area contributed by atoms with E-state index in [4.69, 9.17) is 26.8 Å². The molecular formula is C14H15ClN2O2. The highest BCUT2D eigenvalue weighted by Crippen LogP contribution is 2.26. The van der Waals surface area contributed by atoms with Crippen LogP contribution in [0.3, 0.4) is 0 Å². The fourth-order valence-corrected chi connectivity index (χ4v) is 1.81. The van der Waals surface area contributed by atoms with Gasteiger partial charge in [0.2, 0.25) is 11.8 Å². The van der Waals surface area contributed by atoms with E-state index < -0.39 is 0 Å². The van der Waals surface area contributed by atoms with Crippen molar-refractivity contribution in [3.8, 4) is 17.5 Å². The number of aromatic nitrogens is 1. The highest BCUT2D eigenvalue weighted by atomic mass is 35.5. The highest BCUT2D eigenvalue weighted by Gasteiger charge is 2.04. The van der Waals surface area contributed by atoms with Gasteiger partial charge in [-0.3, -0.25) is 0 Å². The largest absolute Gasteiger partial charge is 0.478 e. The lowest BCUT2D eigenvalue weighted by Crippen LogP contribution is -1.98. The number of hydrogen-bond donors (Lipinski definition) is 1. The molecule has 19 heavy (non-hydrogen) atoms. The lowest BCUT2D eigenvalue weighted by atomic mass is 10.2. The van der Waals surface area contributed by atoms with Gasteiger partial charge < -0.3 is 15.2 Å². The molecule has 0 unspecified atom stereocenters. The van der Waals surface area contributed by atoms with Crippen molar-refractivity contribution in [3.63, 3.8) is 0 Å². The van der Waals surface area contributed by atoms with E-state index in [1.165, 1.54) is 0 Å². The Bertz CT molecular complexity index is 561. The second-order valence-electron chi connectivity index (χ2n) is 3.81. The number of halogens is 1. The smallest absolute Gasteiger partial charge is 0.222 e. The topological polar surface area (TPSA) is 57.4 Å². The molecule has 0 saturated heterocycles. The van der Waals surface area contributed by atoms with Gasteiger partial charge in [-0.2, -0.15) is 4.98 Å². The maximum atomic E-state index is 6.07. The van der Waals surface area contributed by atoms with Crippen LogP contribution < -0.4 is 15.2 Å². The molecule has 2 rings (SSSR count). The van der Waals surface area contributed by atoms with E-state index in [0.717, 1.165) is 5.56 Å². The molecule has 0 atom stereocenters. The van der Waals surface area contributed by atoms with E-state index in [2.05, 4.69) is 4.98 Å². The Morgan fingerprint density at radius 3 is 2.68 bits per heavy atom. The molecule has 1 aromatic carbocycles. The van der Waals surface area contributed by atoms with E-state index in [1.807, 2.05) is 25.1 Å². The third-order valence-corrected chi connectivity index (χ3v) is 2.81. The average molecular weight is 279 g/mol. The van der Waals surface area contributed by atoms with E-state index in [0.29, 0.717) is 35.7 Å². The minimum atomic E-state index is 0.400. The molecule has 0 aliphatic carbocycles. The van der Waals surface area contributed by atoms with Gasteiger partial charge in [0.05, 0.1) is 6.61 Å². The van der Waals surface area contributed by atoms with E-state index >= 15 is 0 Å². The van der Waals surface area contributed by atoms with Gasteiger partial charge in [-0.05, 0) is 24.6 Å². The lowest BCUT2D eigenvalue weighted by molar-refractivity contribution is 0.321. The van der Waals surface area contributed by atoms with Crippen LogP contribution in [0.1, 0.15) is 12.5 Å². The lowest BCUT2D eigenvalue weighted by Gasteiger charge is -2.08. The van der Waals surface area contributed by atoms with Crippen molar-refractivity contribution in [2.75, 3.05) is 6.61 Å². The molecule has 1 heterocycles. The maximum absolute atomic E-state index is 6.07. The van der Waals surface area contributed by atoms with Crippen molar-refractivity contribution in [2.24, 2.45) is 5.73 Å². The van der Waals surface area contributed by atoms with Crippen LogP contribution in [0.25, 0.3) is 0 Å². The Kier molecular flexibility index (Phi) is 4.60. The van der Waals surface area contributed by atoms with Crippen LogP contribution in [0.5, 0.6) is 17.5 Å². The van der Waals surface area contributed by atoms with Gasteiger partial charge in [0, 0.05) is 23.7 Å². The zero-order valence-corrected chi connectivity index (χ0v) is 11.4. The summed E-state index contributed by atoms with van der Waals surface area (Å²) in [6.45, 7) is 2.87. The number of nitrogens with two attached hydrogens (primary N) is 1. The van der Waals surface area contributed by atoms with Crippen LogP contribution in [-0.4, -0.2) is 11.6 Å². The normalized spacial score (nSPS) is 10.3. The molecule has 0 aliphatic rings. The van der Waals surface area contributed by atoms with Crippen molar-refractivity contribution >= 4 is 11.6 Å². The van der Waals surface area contributed by atoms with Crippen molar-refractivity contribution < 1.29 is 9.47 Å². The molecule has 0 radical (unpaired) electrons. The first-order valence-corrected chi connectivity index (χ1v) is 6.37. The predicted molar refractivity (Wildman–Crippen MR) is 74.8 cm³/mol. The summed E-state index contributed by atoms with van der Waals surface area (Å²) in [4.78, 5) is 4.22. The summed E-state index contributed by atoms with van der Waals surface area (Å²) in [5, 5.41) is 0.584. The van der Waals surface area contributed by atoms with Gasteiger partial charge in [-0.25, -0.2) is 0 Å². The summed E-state index contributed by atoms with van der Waals surface area (Å²) in [6.07, 6.45) is 0. The summed E-state index contributed by atoms with van der Waals surface area (Å²) in [5.41, 5.74) is 6.43. The molecule has 0 saturated carbocycles. The first-order valence-electron chi connectivity index (χ1n) is 5.99. The quantitative estimate of drug-likeness (QED) is 0.911. The third-order valence-electron chi connectivity index (χ3n) is 2.46. The molecule has 1 aromatic heterocycles. The predicted octanol–water partition coefficient (Wildman–Crippen LogP) is 3.38. The van der Waals surface area contributed by atoms with Crippen LogP contribution >= 0.6 is 11.6 Å². The first kappa shape index (κ1) is 13.6. The SMILES string of the molecule is CCOc1cccc(Oc2ccc(CN)c(Cl)c2)n1. The molecule has 2 N–H and O–H groups in total. The fraction of sp³-hybridized carbons (Fsp3) is 0.214. The Hall–Kier alpha value is -1.78. The molecule has 5 heteroatoms. The standard InChI is InChI=1S/C14H15ClN2O2/c1-2-18-13-4-3-5-14(17-13)19-11-7-6-10(9-16)12(15)8-11/h3-8H,2,9,16H2,1H3. The Morgan fingerprint density at radius 1 is 1.21 bits per heavy atom. The van der Waals surface area contributed by atoms with Crippen LogP contribution in [-0.2, 0) is 6.54 Å². The first-order chi connectivity index (χ1) is 9.22. The molecule has 0 amide bonds. The van der Waals surface area contributed by atoms with Crippen LogP contribution in [0.15, 0.2) is 36.4 Å². The molecule has 4 nitrogen and oxygen atoms in total. The molecule has 0 bridgehead atoms. The highest BCUT2D eigenvalue weighted by molar-refractivity contribution is 6.31. The van der Waals surface area contributed by atoms with Gasteiger partial charge >= 0.3 is 0 Å². The minimum Gasteiger partial charge on any atom is -0.478 e. The van der Waals surface area contributed by atoms with Crippen molar-refractivity contribution in [1.82, 2.24) is 4.98 Å². The molecule has 0 spiro atoms. The van der Waals surface area contributed by atoms with Gasteiger partial charge in [0.15, 0.2) is 0 Å². The summed E-state index contributed by atoms with van der Waals surface area (Å²) in [5.74, 6) is 1.61. The minimum absolute atomic E-state index is 0.400. The van der Waals surface area contributed by atoms with Crippen LogP contribution in [0.2, 0.25) is 5.02 Å². The van der Waals surface area contributed by atoms with Gasteiger partial charge in [-0.15, -0.1) is 0 Å². The molecule has 0 fully saturated rings. The number of pyridine rings is 1. The summed E-state index contributed by atoms with van der Waals surface area (Å²) < 4.78 is 10.9. The van der Waals surface area contributed by atoms with Gasteiger partial charge in [0.25, 0.3) is 0 Å². The molecular weight excluding hydrogens is 264 g/mol. The number of benzene rings is 1. The summed E-state index contributed by atoms with van der Waals surface area (Å²) >= 11 is 6.07. The number of nitrogens with zero attached hydrogens (tertiary/aromatic N) is 1. The Labute approximate surface area is 117 Å². The number of ether oxygens (including phenoxy) is 2. The monoisotopic (exact) mass is 278 g/mol. The van der Waals surface area contributed by atoms with Gasteiger partial charge in [0.1, 0.15) is 5.75 Å². The van der Waals surface area contributed by atoms with E-state index in [1.54, 1.807) is 18.2 Å². The van der Waals surface area contributed by atoms with Crippen molar-refractivity contribution in [3.05, 3.63) is 47.0 Å². The van der Waals surface area contributed by atoms with Crippen LogP contribution in [0.4, 0.5) is 0 Å². The maximum Gasteiger partial charge on any atom is 0.222 e. The number of rotatable bonds is 5. The zero-order chi connectivity index (χ0) is 13.7. The fourth-order valence-electron chi connectivity index (χ4n) is 1.56. The molecule has 2 aromatic rings. The van der Waals surface area contributed by atoms with Crippen molar-refractivity contribution in [2.45, 2.75) is 13.5 Å². The summed E-state index contributed by atoms with van der Waals surface area (Å²) in [7, 11) is 0. The number of hydrogen-bond acceptors (Lipinski definition) is 4. The van der Waals surface area contributed by atoms with E-state index in [9.17, 15) is 0 Å². The Morgan fingerprint density at radius 2 is 2.00 bits per heavy atom. The Balaban J connectivity index is 2.16. The van der Waals surface area contributed by atoms with E-state index in [-0.39, 0.29) is 0 Å². The zero-order valence-electron chi connectivity index (χ0n) is 10.6. The molecule has 100 valence electrons. The van der Waals surface area contributed by atoms with Crippen molar-refractivity contribution in [1.29, 1.82) is 0 Å². The van der Waals surface area contributed by atoms with Gasteiger partial charge in [-0.1, -0.05) is 23.7 Å². The second-order valence-corrected chi connectivity index (χ2v) is 4.21. The molecule has 0 aliphatic heterocycles. The summed E-state index contributed by atoms with van der Waals surface area (Å²) in [6, 6.07) is 10.7. The average Bonchev–Trinajstić information content (AvgIpc) is 2.40.